The van der Waals surface area contributed by atoms with Gasteiger partial charge in [0.2, 0.25) is 21.7 Å². The van der Waals surface area contributed by atoms with Crippen molar-refractivity contribution in [3.8, 4) is 11.4 Å². The molecule has 3 aromatic rings. The summed E-state index contributed by atoms with van der Waals surface area (Å²) in [5.41, 5.74) is -0.288. The van der Waals surface area contributed by atoms with E-state index in [9.17, 15) is 26.4 Å². The lowest BCUT2D eigenvalue weighted by Crippen LogP contribution is -2.48. The molecule has 34 heavy (non-hydrogen) atoms. The summed E-state index contributed by atoms with van der Waals surface area (Å²) in [6, 6.07) is 10.6. The highest BCUT2D eigenvalue weighted by molar-refractivity contribution is 7.89. The van der Waals surface area contributed by atoms with Gasteiger partial charge < -0.3 is 4.52 Å². The van der Waals surface area contributed by atoms with Gasteiger partial charge in [-0.15, -0.1) is 0 Å². The number of rotatable bonds is 6. The summed E-state index contributed by atoms with van der Waals surface area (Å²) in [5.74, 6) is 0.0523. The highest BCUT2D eigenvalue weighted by Crippen LogP contribution is 2.31. The van der Waals surface area contributed by atoms with Crippen LogP contribution in [0.3, 0.4) is 0 Å². The highest BCUT2D eigenvalue weighted by atomic mass is 32.2. The summed E-state index contributed by atoms with van der Waals surface area (Å²) < 4.78 is 71.3. The number of hydrogen-bond donors (Lipinski definition) is 0. The third-order valence-corrected chi connectivity index (χ3v) is 7.38. The SMILES string of the molecule is CC(=O)c1cccc(S(=O)(=O)N2CCN(Cc3nc(-c4cccc(C(F)(F)F)c4)no3)CC2)c1. The second kappa shape index (κ2) is 9.28. The lowest BCUT2D eigenvalue weighted by molar-refractivity contribution is -0.137. The molecule has 0 aliphatic carbocycles. The van der Waals surface area contributed by atoms with Crippen LogP contribution in [-0.2, 0) is 22.7 Å². The van der Waals surface area contributed by atoms with Crippen LogP contribution < -0.4 is 0 Å². The minimum absolute atomic E-state index is 0.0488. The number of halogens is 3. The number of sulfonamides is 1. The molecule has 0 bridgehead atoms. The molecule has 8 nitrogen and oxygen atoms in total. The number of ketones is 1. The van der Waals surface area contributed by atoms with E-state index in [1.54, 1.807) is 6.07 Å². The first-order valence-corrected chi connectivity index (χ1v) is 11.8. The zero-order valence-corrected chi connectivity index (χ0v) is 18.9. The summed E-state index contributed by atoms with van der Waals surface area (Å²) in [4.78, 5) is 17.8. The first-order valence-electron chi connectivity index (χ1n) is 10.4. The number of carbonyl (C=O) groups is 1. The summed E-state index contributed by atoms with van der Waals surface area (Å²) in [5, 5.41) is 3.78. The molecule has 1 saturated heterocycles. The van der Waals surface area contributed by atoms with Gasteiger partial charge in [0.25, 0.3) is 0 Å². The van der Waals surface area contributed by atoms with Gasteiger partial charge >= 0.3 is 6.18 Å². The monoisotopic (exact) mass is 494 g/mol. The topological polar surface area (TPSA) is 96.6 Å². The van der Waals surface area contributed by atoms with E-state index < -0.39 is 21.8 Å². The third-order valence-electron chi connectivity index (χ3n) is 5.48. The van der Waals surface area contributed by atoms with Crippen LogP contribution in [0, 0.1) is 0 Å². The predicted molar refractivity (Wildman–Crippen MR) is 115 cm³/mol. The Labute approximate surface area is 194 Å². The van der Waals surface area contributed by atoms with Crippen molar-refractivity contribution >= 4 is 15.8 Å². The average molecular weight is 494 g/mol. The van der Waals surface area contributed by atoms with Gasteiger partial charge in [-0.2, -0.15) is 22.5 Å². The third kappa shape index (κ3) is 5.18. The van der Waals surface area contributed by atoms with Crippen molar-refractivity contribution in [1.82, 2.24) is 19.3 Å². The quantitative estimate of drug-likeness (QED) is 0.484. The van der Waals surface area contributed by atoms with Crippen LogP contribution >= 0.6 is 0 Å². The maximum absolute atomic E-state index is 13.0. The fourth-order valence-electron chi connectivity index (χ4n) is 3.61. The zero-order chi connectivity index (χ0) is 24.5. The second-order valence-electron chi connectivity index (χ2n) is 7.85. The number of nitrogens with zero attached hydrogens (tertiary/aromatic N) is 4. The van der Waals surface area contributed by atoms with Gasteiger partial charge in [0.15, 0.2) is 5.78 Å². The molecular weight excluding hydrogens is 473 g/mol. The van der Waals surface area contributed by atoms with E-state index in [2.05, 4.69) is 10.1 Å². The Morgan fingerprint density at radius 2 is 1.76 bits per heavy atom. The molecule has 0 radical (unpaired) electrons. The zero-order valence-electron chi connectivity index (χ0n) is 18.1. The average Bonchev–Trinajstić information content (AvgIpc) is 3.27. The number of hydrogen-bond acceptors (Lipinski definition) is 7. The van der Waals surface area contributed by atoms with E-state index in [-0.39, 0.29) is 47.6 Å². The molecular formula is C22H21F3N4O4S. The van der Waals surface area contributed by atoms with Gasteiger partial charge in [-0.1, -0.05) is 29.4 Å². The van der Waals surface area contributed by atoms with Crippen LogP contribution in [-0.4, -0.2) is 59.7 Å². The Bertz CT molecular complexity index is 1300. The molecule has 2 aromatic carbocycles. The maximum Gasteiger partial charge on any atom is 0.416 e. The lowest BCUT2D eigenvalue weighted by atomic mass is 10.1. The molecule has 2 heterocycles. The second-order valence-corrected chi connectivity index (χ2v) is 9.79. The van der Waals surface area contributed by atoms with Gasteiger partial charge in [-0.05, 0) is 31.2 Å². The molecule has 0 unspecified atom stereocenters. The van der Waals surface area contributed by atoms with E-state index in [1.165, 1.54) is 41.6 Å². The Morgan fingerprint density at radius 1 is 1.06 bits per heavy atom. The van der Waals surface area contributed by atoms with Gasteiger partial charge in [-0.3, -0.25) is 9.69 Å². The molecule has 4 rings (SSSR count). The molecule has 180 valence electrons. The Kier molecular flexibility index (Phi) is 6.56. The van der Waals surface area contributed by atoms with Crippen molar-refractivity contribution in [3.63, 3.8) is 0 Å². The number of benzene rings is 2. The highest BCUT2D eigenvalue weighted by Gasteiger charge is 2.31. The minimum Gasteiger partial charge on any atom is -0.338 e. The van der Waals surface area contributed by atoms with Gasteiger partial charge in [0, 0.05) is 37.3 Å². The van der Waals surface area contributed by atoms with Crippen LogP contribution in [0.2, 0.25) is 0 Å². The molecule has 0 N–H and O–H groups in total. The van der Waals surface area contributed by atoms with Crippen molar-refractivity contribution in [2.75, 3.05) is 26.2 Å². The van der Waals surface area contributed by atoms with Gasteiger partial charge in [0.1, 0.15) is 0 Å². The fourth-order valence-corrected chi connectivity index (χ4v) is 5.08. The van der Waals surface area contributed by atoms with E-state index >= 15 is 0 Å². The molecule has 0 amide bonds. The molecule has 1 aliphatic heterocycles. The van der Waals surface area contributed by atoms with Crippen molar-refractivity contribution in [2.45, 2.75) is 24.5 Å². The minimum atomic E-state index is -4.48. The number of piperazine rings is 1. The van der Waals surface area contributed by atoms with Crippen molar-refractivity contribution in [1.29, 1.82) is 0 Å². The first kappa shape index (κ1) is 24.0. The van der Waals surface area contributed by atoms with E-state index in [1.807, 2.05) is 4.90 Å². The van der Waals surface area contributed by atoms with Gasteiger partial charge in [0.05, 0.1) is 17.0 Å². The Morgan fingerprint density at radius 3 is 2.44 bits per heavy atom. The molecule has 1 aliphatic rings. The van der Waals surface area contributed by atoms with Crippen LogP contribution in [0.1, 0.15) is 28.7 Å². The number of carbonyl (C=O) groups excluding carboxylic acids is 1. The van der Waals surface area contributed by atoms with Crippen LogP contribution in [0.4, 0.5) is 13.2 Å². The molecule has 0 saturated carbocycles. The molecule has 0 atom stereocenters. The maximum atomic E-state index is 13.0. The predicted octanol–water partition coefficient (Wildman–Crippen LogP) is 3.46. The molecule has 1 fully saturated rings. The first-order chi connectivity index (χ1) is 16.0. The van der Waals surface area contributed by atoms with Crippen LogP contribution in [0.15, 0.2) is 57.9 Å². The summed E-state index contributed by atoms with van der Waals surface area (Å²) >= 11 is 0. The van der Waals surface area contributed by atoms with E-state index in [0.29, 0.717) is 18.7 Å². The summed E-state index contributed by atoms with van der Waals surface area (Å²) in [6.07, 6.45) is -4.48. The van der Waals surface area contributed by atoms with Crippen molar-refractivity contribution in [2.24, 2.45) is 0 Å². The lowest BCUT2D eigenvalue weighted by Gasteiger charge is -2.33. The fraction of sp³-hybridized carbons (Fsp3) is 0.318. The summed E-state index contributed by atoms with van der Waals surface area (Å²) in [6.45, 7) is 2.85. The number of alkyl halides is 3. The van der Waals surface area contributed by atoms with Crippen LogP contribution in [0.5, 0.6) is 0 Å². The number of Topliss-reactive ketones (excluding diaryl/α,β-unsaturated/α-hetero) is 1. The Hall–Kier alpha value is -3.09. The van der Waals surface area contributed by atoms with Crippen molar-refractivity contribution < 1.29 is 30.9 Å². The van der Waals surface area contributed by atoms with Crippen molar-refractivity contribution in [3.05, 3.63) is 65.5 Å². The smallest absolute Gasteiger partial charge is 0.338 e. The van der Waals surface area contributed by atoms with Crippen LogP contribution in [0.25, 0.3) is 11.4 Å². The Balaban J connectivity index is 1.39. The van der Waals surface area contributed by atoms with Gasteiger partial charge in [-0.25, -0.2) is 8.42 Å². The summed E-state index contributed by atoms with van der Waals surface area (Å²) in [7, 11) is -3.75. The van der Waals surface area contributed by atoms with E-state index in [4.69, 9.17) is 4.52 Å². The number of aromatic nitrogens is 2. The largest absolute Gasteiger partial charge is 0.416 e. The normalized spacial score (nSPS) is 16.0. The van der Waals surface area contributed by atoms with E-state index in [0.717, 1.165) is 12.1 Å². The molecule has 12 heteroatoms. The molecule has 1 aromatic heterocycles. The standard InChI is InChI=1S/C22H21F3N4O4S/c1-15(30)16-4-3-7-19(13-16)34(31,32)29-10-8-28(9-11-29)14-20-26-21(27-33-20)17-5-2-6-18(12-17)22(23,24)25/h2-7,12-13H,8-11,14H2,1H3. The molecule has 0 spiro atoms.